The molecule has 644 valence electrons. The SMILES string of the molecule is C=C(C)C(=O)OCCOc1c2cc(CCCC)cc1Cc1cc(CCCC)cc(c1O)Cc1cc(CCCC)cc(c1O)Cc1cc(CCCC)cc(c1O)C2.C=C(C)C(=O)OCCOc1c2cc(CCCC)cc1Cc1cc(CCCC)cc(c1O)Cc1cc(CCCC)cc(c1OCCOC(=O)C(=C)C)Cc1cc(CCCC)cc(c1O)C2. The summed E-state index contributed by atoms with van der Waals surface area (Å²) in [6, 6.07) is 34.5. The Balaban J connectivity index is 0.000000275. The zero-order valence-corrected chi connectivity index (χ0v) is 74.1. The number of benzene rings is 8. The summed E-state index contributed by atoms with van der Waals surface area (Å²) in [5, 5.41) is 61.1. The van der Waals surface area contributed by atoms with Gasteiger partial charge in [0.15, 0.2) is 0 Å². The number of aromatic hydroxyl groups is 5. The Morgan fingerprint density at radius 1 is 0.242 bits per heavy atom. The van der Waals surface area contributed by atoms with E-state index in [2.05, 4.69) is 172 Å². The number of unbranched alkanes of at least 4 members (excludes halogenated alkanes) is 8. The first-order chi connectivity index (χ1) is 57.9. The molecule has 0 fully saturated rings. The zero-order chi connectivity index (χ0) is 86.4. The maximum absolute atomic E-state index is 12.4. The van der Waals surface area contributed by atoms with Crippen LogP contribution in [0.4, 0.5) is 0 Å². The van der Waals surface area contributed by atoms with Crippen molar-refractivity contribution in [2.24, 2.45) is 0 Å². The number of esters is 3. The molecule has 8 aromatic rings. The van der Waals surface area contributed by atoms with Crippen molar-refractivity contribution in [3.63, 3.8) is 0 Å². The molecule has 0 aliphatic heterocycles. The Labute approximate surface area is 716 Å². The predicted octanol–water partition coefficient (Wildman–Crippen LogP) is 23.5. The fourth-order valence-electron chi connectivity index (χ4n) is 16.4. The number of ether oxygens (including phenoxy) is 6. The molecule has 16 bridgehead atoms. The lowest BCUT2D eigenvalue weighted by molar-refractivity contribution is -0.140. The summed E-state index contributed by atoms with van der Waals surface area (Å²) < 4.78 is 36.3. The molecule has 0 radical (unpaired) electrons. The first-order valence-corrected chi connectivity index (χ1v) is 44.9. The lowest BCUT2D eigenvalue weighted by Gasteiger charge is -2.23. The molecule has 10 rings (SSSR count). The standard InChI is InChI=1S/C56H72O8.C50H64O6/c1-9-13-17-39-25-43-33-47-29-41(19-15-11-3)31-49(53(47)61-21-23-63-55(59)37(5)6)35-45-27-40(18-14-10-2)28-46(52(45)58)36-50-32-42(20-16-12-4)30-48(34-44(26-39)51(43)57)54(50)62-22-24-64-56(60)38(7)8;1-7-11-15-34-21-38-29-40-23-35(16-12-8-2)25-42(47(40)52)31-44-27-37(18-14-10-4)28-45(49(44)55-19-20-56-50(54)33(5)6)32-43-26-36(17-13-9-3)24-41(48(43)53)30-39(22-34)46(38)51/h25-32,57-58H,5,7,9-24,33-36H2,1-4,6,8H3;21-28,51-53H,5,7-20,29-32H2,1-4,6H3. The van der Waals surface area contributed by atoms with E-state index in [9.17, 15) is 39.9 Å². The third-order valence-corrected chi connectivity index (χ3v) is 22.9. The van der Waals surface area contributed by atoms with Crippen molar-refractivity contribution in [1.29, 1.82) is 0 Å². The van der Waals surface area contributed by atoms with Gasteiger partial charge in [-0.05, 0) is 257 Å². The second-order valence-electron chi connectivity index (χ2n) is 33.6. The highest BCUT2D eigenvalue weighted by Crippen LogP contribution is 2.44. The van der Waals surface area contributed by atoms with Crippen molar-refractivity contribution >= 4 is 17.9 Å². The van der Waals surface area contributed by atoms with Gasteiger partial charge in [0.2, 0.25) is 0 Å². The Morgan fingerprint density at radius 3 is 0.508 bits per heavy atom. The average molecular weight is 1630 g/mol. The molecule has 0 saturated heterocycles. The lowest BCUT2D eigenvalue weighted by Crippen LogP contribution is -2.15. The molecule has 120 heavy (non-hydrogen) atoms. The van der Waals surface area contributed by atoms with Gasteiger partial charge < -0.3 is 54.0 Å². The monoisotopic (exact) mass is 1630 g/mol. The smallest absolute Gasteiger partial charge is 0.333 e. The number of carbonyl (C=O) groups excluding carboxylic acids is 3. The second kappa shape index (κ2) is 47.1. The Bertz CT molecular complexity index is 4490. The number of phenolic OH excluding ortho intramolecular Hbond substituents is 5. The highest BCUT2D eigenvalue weighted by molar-refractivity contribution is 5.87. The van der Waals surface area contributed by atoms with Gasteiger partial charge >= 0.3 is 17.9 Å². The van der Waals surface area contributed by atoms with E-state index in [1.54, 1.807) is 20.8 Å². The first-order valence-electron chi connectivity index (χ1n) is 44.9. The van der Waals surface area contributed by atoms with Gasteiger partial charge in [-0.3, -0.25) is 0 Å². The van der Waals surface area contributed by atoms with Crippen LogP contribution >= 0.6 is 0 Å². The number of rotatable bonds is 39. The maximum Gasteiger partial charge on any atom is 0.333 e. The van der Waals surface area contributed by atoms with Crippen LogP contribution in [0.3, 0.4) is 0 Å². The molecule has 0 aromatic heterocycles. The van der Waals surface area contributed by atoms with Crippen LogP contribution in [0, 0.1) is 0 Å². The molecule has 5 N–H and O–H groups in total. The van der Waals surface area contributed by atoms with Gasteiger partial charge in [0.1, 0.15) is 85.6 Å². The fraction of sp³-hybridized carbons (Fsp3) is 0.462. The van der Waals surface area contributed by atoms with Crippen LogP contribution < -0.4 is 14.2 Å². The van der Waals surface area contributed by atoms with E-state index in [1.807, 2.05) is 0 Å². The number of phenols is 5. The quantitative estimate of drug-likeness (QED) is 0.0105. The number of carbonyl (C=O) groups is 3. The van der Waals surface area contributed by atoms with Gasteiger partial charge in [-0.15, -0.1) is 0 Å². The molecule has 0 heterocycles. The van der Waals surface area contributed by atoms with Crippen molar-refractivity contribution in [2.75, 3.05) is 39.6 Å². The molecular weight excluding hydrogens is 1500 g/mol. The Hall–Kier alpha value is -10.2. The van der Waals surface area contributed by atoms with Gasteiger partial charge in [-0.2, -0.15) is 0 Å². The van der Waals surface area contributed by atoms with Gasteiger partial charge in [0.05, 0.1) is 0 Å². The van der Waals surface area contributed by atoms with Crippen LogP contribution in [0.5, 0.6) is 46.0 Å². The Kier molecular flexibility index (Phi) is 36.8. The average Bonchev–Trinajstić information content (AvgIpc) is 0.778. The maximum atomic E-state index is 12.4. The van der Waals surface area contributed by atoms with E-state index in [-0.39, 0.29) is 68.4 Å². The minimum Gasteiger partial charge on any atom is -0.507 e. The number of aryl methyl sites for hydroxylation is 8. The topological polar surface area (TPSA) is 208 Å². The Morgan fingerprint density at radius 2 is 0.375 bits per heavy atom. The van der Waals surface area contributed by atoms with E-state index in [4.69, 9.17) is 28.4 Å². The van der Waals surface area contributed by atoms with Crippen LogP contribution in [-0.2, 0) is 131 Å². The van der Waals surface area contributed by atoms with Gasteiger partial charge in [0.25, 0.3) is 0 Å². The summed E-state index contributed by atoms with van der Waals surface area (Å²) in [7, 11) is 0. The molecule has 0 saturated carbocycles. The number of hydrogen-bond acceptors (Lipinski definition) is 14. The summed E-state index contributed by atoms with van der Waals surface area (Å²) in [6.07, 6.45) is 26.8. The fourth-order valence-corrected chi connectivity index (χ4v) is 16.4. The molecule has 0 unspecified atom stereocenters. The summed E-state index contributed by atoms with van der Waals surface area (Å²) >= 11 is 0. The molecule has 0 atom stereocenters. The van der Waals surface area contributed by atoms with Crippen LogP contribution in [0.25, 0.3) is 0 Å². The molecule has 2 aliphatic carbocycles. The van der Waals surface area contributed by atoms with Crippen molar-refractivity contribution < 1.29 is 68.3 Å². The van der Waals surface area contributed by atoms with E-state index in [1.165, 1.54) is 16.7 Å². The normalized spacial score (nSPS) is 12.2. The summed E-state index contributed by atoms with van der Waals surface area (Å²) in [5.41, 5.74) is 23.8. The van der Waals surface area contributed by atoms with E-state index >= 15 is 0 Å². The second-order valence-corrected chi connectivity index (χ2v) is 33.6. The van der Waals surface area contributed by atoms with E-state index < -0.39 is 17.9 Å². The molecule has 8 aromatic carbocycles. The third-order valence-electron chi connectivity index (χ3n) is 22.9. The van der Waals surface area contributed by atoms with E-state index in [0.717, 1.165) is 271 Å². The minimum atomic E-state index is -0.467. The van der Waals surface area contributed by atoms with Crippen molar-refractivity contribution in [3.8, 4) is 46.0 Å². The largest absolute Gasteiger partial charge is 0.507 e. The lowest BCUT2D eigenvalue weighted by atomic mass is 9.87. The minimum absolute atomic E-state index is 0.0463. The summed E-state index contributed by atoms with van der Waals surface area (Å²) in [4.78, 5) is 37.0. The summed E-state index contributed by atoms with van der Waals surface area (Å²) in [5.74, 6) is 1.82. The number of fused-ring (bicyclic) bond motifs is 16. The summed E-state index contributed by atoms with van der Waals surface area (Å²) in [6.45, 7) is 34.1. The predicted molar refractivity (Wildman–Crippen MR) is 485 cm³/mol. The highest BCUT2D eigenvalue weighted by Gasteiger charge is 2.28. The number of hydrogen-bond donors (Lipinski definition) is 5. The molecule has 14 heteroatoms. The zero-order valence-electron chi connectivity index (χ0n) is 74.1. The van der Waals surface area contributed by atoms with Crippen molar-refractivity contribution in [2.45, 2.75) is 282 Å². The molecule has 2 aliphatic rings. The molecule has 0 amide bonds. The van der Waals surface area contributed by atoms with Crippen LogP contribution in [0.1, 0.15) is 312 Å². The van der Waals surface area contributed by atoms with Crippen molar-refractivity contribution in [3.05, 3.63) is 267 Å². The first kappa shape index (κ1) is 93.7. The van der Waals surface area contributed by atoms with Crippen LogP contribution in [0.2, 0.25) is 0 Å². The van der Waals surface area contributed by atoms with Crippen LogP contribution in [-0.4, -0.2) is 83.1 Å². The van der Waals surface area contributed by atoms with Gasteiger partial charge in [-0.1, -0.05) is 224 Å². The third kappa shape index (κ3) is 26.6. The molecule has 0 spiro atoms. The van der Waals surface area contributed by atoms with Crippen LogP contribution in [0.15, 0.2) is 134 Å². The molecular formula is C106H136O14. The van der Waals surface area contributed by atoms with Crippen molar-refractivity contribution in [1.82, 2.24) is 0 Å². The van der Waals surface area contributed by atoms with E-state index in [0.29, 0.717) is 85.3 Å². The van der Waals surface area contributed by atoms with Gasteiger partial charge in [0, 0.05) is 68.1 Å². The highest BCUT2D eigenvalue weighted by atomic mass is 16.6. The van der Waals surface area contributed by atoms with Gasteiger partial charge in [-0.25, -0.2) is 14.4 Å². The molecule has 14 nitrogen and oxygen atoms in total.